The predicted octanol–water partition coefficient (Wildman–Crippen LogP) is 4.17. The number of amides is 2. The zero-order valence-electron chi connectivity index (χ0n) is 20.8. The molecule has 2 N–H and O–H groups in total. The number of hydrogen-bond donors (Lipinski definition) is 2. The summed E-state index contributed by atoms with van der Waals surface area (Å²) in [5, 5.41) is 10.3. The molecule has 5 rings (SSSR count). The number of aromatic nitrogens is 2. The highest BCUT2D eigenvalue weighted by Gasteiger charge is 2.56. The molecule has 0 saturated heterocycles. The van der Waals surface area contributed by atoms with Gasteiger partial charge >= 0.3 is 6.09 Å². The van der Waals surface area contributed by atoms with Gasteiger partial charge in [0.1, 0.15) is 11.2 Å². The molecule has 4 aliphatic carbocycles. The fourth-order valence-electron chi connectivity index (χ4n) is 6.00. The predicted molar refractivity (Wildman–Crippen MR) is 126 cm³/mol. The summed E-state index contributed by atoms with van der Waals surface area (Å²) in [4.78, 5) is 24.9. The van der Waals surface area contributed by atoms with Crippen molar-refractivity contribution < 1.29 is 23.5 Å². The number of halogens is 1. The molecule has 34 heavy (non-hydrogen) atoms. The lowest BCUT2D eigenvalue weighted by Crippen LogP contribution is -2.60. The van der Waals surface area contributed by atoms with Gasteiger partial charge in [0, 0.05) is 12.2 Å². The lowest BCUT2D eigenvalue weighted by Gasteiger charge is -2.56. The molecule has 2 atom stereocenters. The Bertz CT molecular complexity index is 941. The number of carbonyl (C=O) groups excluding carboxylic acids is 2. The zero-order valence-corrected chi connectivity index (χ0v) is 20.8. The van der Waals surface area contributed by atoms with Crippen molar-refractivity contribution >= 4 is 18.2 Å². The maximum atomic E-state index is 15.1. The molecule has 0 aliphatic heterocycles. The lowest BCUT2D eigenvalue weighted by molar-refractivity contribution is -0.0906. The number of rotatable bonds is 8. The van der Waals surface area contributed by atoms with Crippen molar-refractivity contribution in [2.24, 2.45) is 23.7 Å². The van der Waals surface area contributed by atoms with Gasteiger partial charge in [-0.3, -0.25) is 4.79 Å². The molecule has 0 radical (unpaired) electrons. The molecule has 0 spiro atoms. The van der Waals surface area contributed by atoms with Crippen LogP contribution in [0.4, 0.5) is 9.18 Å². The quantitative estimate of drug-likeness (QED) is 0.587. The van der Waals surface area contributed by atoms with E-state index in [1.165, 1.54) is 18.0 Å². The molecule has 4 fully saturated rings. The van der Waals surface area contributed by atoms with Gasteiger partial charge < -0.3 is 20.1 Å². The molecule has 4 aliphatic rings. The van der Waals surface area contributed by atoms with Gasteiger partial charge in [-0.25, -0.2) is 13.9 Å². The Morgan fingerprint density at radius 1 is 1.29 bits per heavy atom. The van der Waals surface area contributed by atoms with E-state index < -0.39 is 17.3 Å². The van der Waals surface area contributed by atoms with Crippen LogP contribution in [-0.4, -0.2) is 52.7 Å². The van der Waals surface area contributed by atoms with Gasteiger partial charge in [-0.05, 0) is 75.7 Å². The van der Waals surface area contributed by atoms with E-state index in [0.29, 0.717) is 43.2 Å². The summed E-state index contributed by atoms with van der Waals surface area (Å²) in [5.41, 5.74) is -1.39. The Morgan fingerprint density at radius 2 is 1.97 bits per heavy atom. The number of ether oxygens (including phenoxy) is 2. The lowest BCUT2D eigenvalue weighted by atomic mass is 9.53. The third-order valence-corrected chi connectivity index (χ3v) is 7.29. The maximum absolute atomic E-state index is 15.1. The van der Waals surface area contributed by atoms with Crippen molar-refractivity contribution in [3.8, 4) is 5.88 Å². The average Bonchev–Trinajstić information content (AvgIpc) is 3.14. The minimum absolute atomic E-state index is 0.00652. The molecule has 188 valence electrons. The van der Waals surface area contributed by atoms with Crippen LogP contribution in [0.25, 0.3) is 6.20 Å². The van der Waals surface area contributed by atoms with Gasteiger partial charge in [-0.1, -0.05) is 13.8 Å². The second-order valence-electron chi connectivity index (χ2n) is 11.3. The van der Waals surface area contributed by atoms with Gasteiger partial charge in [0.15, 0.2) is 0 Å². The summed E-state index contributed by atoms with van der Waals surface area (Å²) >= 11 is 0. The highest BCUT2D eigenvalue weighted by Crippen LogP contribution is 2.57. The Morgan fingerprint density at radius 3 is 2.56 bits per heavy atom. The van der Waals surface area contributed by atoms with Crippen LogP contribution in [0.5, 0.6) is 5.88 Å². The normalized spacial score (nSPS) is 30.1. The number of nitrogens with one attached hydrogen (secondary N) is 2. The molecule has 1 aromatic heterocycles. The average molecular weight is 477 g/mol. The Labute approximate surface area is 200 Å². The molecule has 4 bridgehead atoms. The summed E-state index contributed by atoms with van der Waals surface area (Å²) in [7, 11) is 1.31. The van der Waals surface area contributed by atoms with Crippen molar-refractivity contribution in [1.29, 1.82) is 0 Å². The fraction of sp³-hybridized carbons (Fsp3) is 0.720. The molecule has 2 unspecified atom stereocenters. The number of carbonyl (C=O) groups is 2. The van der Waals surface area contributed by atoms with Crippen molar-refractivity contribution in [3.05, 3.63) is 17.8 Å². The van der Waals surface area contributed by atoms with Crippen molar-refractivity contribution in [2.75, 3.05) is 13.7 Å². The first-order valence-electron chi connectivity index (χ1n) is 12.2. The third kappa shape index (κ3) is 5.23. The fourth-order valence-corrected chi connectivity index (χ4v) is 6.00. The molecule has 4 saturated carbocycles. The summed E-state index contributed by atoms with van der Waals surface area (Å²) in [6.45, 7) is 8.11. The molecular weight excluding hydrogens is 439 g/mol. The standard InChI is InChI=1S/C25H37FN4O4/c1-15(2)14-34-22-19(13-27-30(22)7-6-24(3,4)29-23(32)33-5)21(31)28-20-17-8-16-9-18(20)12-25(26,10-16)11-17/h6-7,13,15-18,20H,8-12,14H2,1-5H3,(H,28,31)(H,29,32)/b7-6+. The maximum Gasteiger partial charge on any atom is 0.407 e. The van der Waals surface area contributed by atoms with E-state index in [1.54, 1.807) is 12.3 Å². The molecule has 8 nitrogen and oxygen atoms in total. The van der Waals surface area contributed by atoms with Crippen LogP contribution in [0.15, 0.2) is 12.3 Å². The Hall–Kier alpha value is -2.58. The minimum Gasteiger partial charge on any atom is -0.477 e. The number of nitrogens with zero attached hydrogens (tertiary/aromatic N) is 2. The second kappa shape index (κ2) is 9.23. The van der Waals surface area contributed by atoms with Gasteiger partial charge in [-0.15, -0.1) is 0 Å². The van der Waals surface area contributed by atoms with E-state index in [2.05, 4.69) is 20.5 Å². The SMILES string of the molecule is COC(=O)NC(C)(C)/C=C/n1ncc(C(=O)NC2C3CC4CC2CC(F)(C4)C3)c1OCC(C)C. The minimum atomic E-state index is -1.04. The smallest absolute Gasteiger partial charge is 0.407 e. The van der Waals surface area contributed by atoms with Crippen LogP contribution in [-0.2, 0) is 4.74 Å². The summed E-state index contributed by atoms with van der Waals surface area (Å²) < 4.78 is 27.2. The van der Waals surface area contributed by atoms with Gasteiger partial charge in [0.05, 0.1) is 25.5 Å². The van der Waals surface area contributed by atoms with Crippen LogP contribution in [0.1, 0.15) is 70.2 Å². The largest absolute Gasteiger partial charge is 0.477 e. The number of hydrogen-bond acceptors (Lipinski definition) is 5. The van der Waals surface area contributed by atoms with Gasteiger partial charge in [0.2, 0.25) is 5.88 Å². The van der Waals surface area contributed by atoms with Crippen LogP contribution in [0.3, 0.4) is 0 Å². The number of alkyl halides is 1. The third-order valence-electron chi connectivity index (χ3n) is 7.29. The first-order valence-corrected chi connectivity index (χ1v) is 12.2. The van der Waals surface area contributed by atoms with Crippen LogP contribution >= 0.6 is 0 Å². The molecule has 9 heteroatoms. The van der Waals surface area contributed by atoms with Crippen LogP contribution in [0, 0.1) is 23.7 Å². The summed E-state index contributed by atoms with van der Waals surface area (Å²) in [6, 6.07) is -0.00652. The summed E-state index contributed by atoms with van der Waals surface area (Å²) in [5.74, 6) is 1.21. The first-order chi connectivity index (χ1) is 16.0. The highest BCUT2D eigenvalue weighted by atomic mass is 19.1. The van der Waals surface area contributed by atoms with Crippen molar-refractivity contribution in [3.63, 3.8) is 0 Å². The van der Waals surface area contributed by atoms with Crippen molar-refractivity contribution in [1.82, 2.24) is 20.4 Å². The molecule has 1 heterocycles. The van der Waals surface area contributed by atoms with Gasteiger partial charge in [0.25, 0.3) is 5.91 Å². The molecule has 0 aromatic carbocycles. The van der Waals surface area contributed by atoms with E-state index in [0.717, 1.165) is 12.8 Å². The summed E-state index contributed by atoms with van der Waals surface area (Å²) in [6.07, 6.45) is 8.14. The van der Waals surface area contributed by atoms with E-state index in [-0.39, 0.29) is 29.7 Å². The monoisotopic (exact) mass is 476 g/mol. The number of alkyl carbamates (subject to hydrolysis) is 1. The van der Waals surface area contributed by atoms with Crippen molar-refractivity contribution in [2.45, 2.75) is 77.0 Å². The van der Waals surface area contributed by atoms with Gasteiger partial charge in [-0.2, -0.15) is 5.10 Å². The van der Waals surface area contributed by atoms with Crippen LogP contribution in [0.2, 0.25) is 0 Å². The van der Waals surface area contributed by atoms with E-state index in [1.807, 2.05) is 27.7 Å². The van der Waals surface area contributed by atoms with E-state index in [9.17, 15) is 9.59 Å². The highest BCUT2D eigenvalue weighted by molar-refractivity contribution is 5.96. The Balaban J connectivity index is 1.52. The molecular formula is C25H37FN4O4. The first kappa shape index (κ1) is 24.5. The van der Waals surface area contributed by atoms with Crippen LogP contribution < -0.4 is 15.4 Å². The van der Waals surface area contributed by atoms with E-state index in [4.69, 9.17) is 4.74 Å². The zero-order chi connectivity index (χ0) is 24.7. The number of methoxy groups -OCH3 is 1. The Kier molecular flexibility index (Phi) is 6.66. The van der Waals surface area contributed by atoms with E-state index >= 15 is 4.39 Å². The second-order valence-corrected chi connectivity index (χ2v) is 11.3. The molecule has 2 amide bonds. The topological polar surface area (TPSA) is 94.5 Å². The molecule has 1 aromatic rings.